The van der Waals surface area contributed by atoms with Crippen LogP contribution in [0, 0.1) is 11.3 Å². The van der Waals surface area contributed by atoms with E-state index in [1.54, 1.807) is 10.9 Å². The van der Waals surface area contributed by atoms with Crippen molar-refractivity contribution in [3.05, 3.63) is 36.4 Å². The van der Waals surface area contributed by atoms with Crippen molar-refractivity contribution in [3.8, 4) is 17.2 Å². The molecule has 24 heavy (non-hydrogen) atoms. The molecule has 122 valence electrons. The van der Waals surface area contributed by atoms with Gasteiger partial charge in [-0.1, -0.05) is 0 Å². The fourth-order valence-electron chi connectivity index (χ4n) is 3.30. The Morgan fingerprint density at radius 3 is 2.83 bits per heavy atom. The van der Waals surface area contributed by atoms with Crippen molar-refractivity contribution in [1.82, 2.24) is 24.7 Å². The maximum absolute atomic E-state index is 9.44. The van der Waals surface area contributed by atoms with Gasteiger partial charge < -0.3 is 10.2 Å². The zero-order valence-corrected chi connectivity index (χ0v) is 13.8. The Labute approximate surface area is 140 Å². The molecule has 4 rings (SSSR count). The highest BCUT2D eigenvalue weighted by Crippen LogP contribution is 2.31. The van der Waals surface area contributed by atoms with E-state index in [9.17, 15) is 5.26 Å². The normalized spacial score (nSPS) is 18.0. The van der Waals surface area contributed by atoms with Gasteiger partial charge in [0, 0.05) is 56.2 Å². The van der Waals surface area contributed by atoms with Gasteiger partial charge in [-0.15, -0.1) is 0 Å². The van der Waals surface area contributed by atoms with Crippen LogP contribution in [-0.4, -0.2) is 45.1 Å². The summed E-state index contributed by atoms with van der Waals surface area (Å²) in [6.07, 6.45) is 7.43. The zero-order valence-electron chi connectivity index (χ0n) is 13.8. The van der Waals surface area contributed by atoms with Gasteiger partial charge in [-0.05, 0) is 13.0 Å². The van der Waals surface area contributed by atoms with E-state index >= 15 is 0 Å². The third-order valence-electron chi connectivity index (χ3n) is 4.46. The van der Waals surface area contributed by atoms with E-state index in [-0.39, 0.29) is 0 Å². The minimum absolute atomic E-state index is 0.411. The molecule has 0 bridgehead atoms. The van der Waals surface area contributed by atoms with Gasteiger partial charge in [0.25, 0.3) is 0 Å². The lowest BCUT2D eigenvalue weighted by molar-refractivity contribution is 0.485. The van der Waals surface area contributed by atoms with E-state index in [1.165, 1.54) is 0 Å². The second-order valence-corrected chi connectivity index (χ2v) is 6.28. The highest BCUT2D eigenvalue weighted by atomic mass is 15.3. The summed E-state index contributed by atoms with van der Waals surface area (Å²) in [7, 11) is 1.91. The van der Waals surface area contributed by atoms with Crippen LogP contribution in [0.5, 0.6) is 0 Å². The highest BCUT2D eigenvalue weighted by molar-refractivity contribution is 5.83. The average molecular weight is 321 g/mol. The molecule has 4 heterocycles. The molecule has 0 unspecified atom stereocenters. The number of aromatic nitrogens is 4. The number of nitriles is 1. The van der Waals surface area contributed by atoms with Gasteiger partial charge in [-0.2, -0.15) is 15.5 Å². The van der Waals surface area contributed by atoms with Crippen molar-refractivity contribution in [2.75, 3.05) is 24.5 Å². The van der Waals surface area contributed by atoms with Crippen LogP contribution in [0.15, 0.2) is 30.9 Å². The largest absolute Gasteiger partial charge is 0.367 e. The number of nitrogens with zero attached hydrogens (tertiary/aromatic N) is 6. The number of piperazine rings is 1. The minimum atomic E-state index is 0.411. The quantitative estimate of drug-likeness (QED) is 0.772. The predicted octanol–water partition coefficient (Wildman–Crippen LogP) is 1.40. The Balaban J connectivity index is 1.91. The van der Waals surface area contributed by atoms with Gasteiger partial charge in [0.15, 0.2) is 0 Å². The van der Waals surface area contributed by atoms with Crippen LogP contribution in [0.25, 0.3) is 16.6 Å². The first-order valence-electron chi connectivity index (χ1n) is 8.04. The Hall–Kier alpha value is -2.85. The molecule has 1 aliphatic heterocycles. The predicted molar refractivity (Wildman–Crippen MR) is 91.8 cm³/mol. The fourth-order valence-corrected chi connectivity index (χ4v) is 3.30. The van der Waals surface area contributed by atoms with Crippen LogP contribution in [0.3, 0.4) is 0 Å². The zero-order chi connectivity index (χ0) is 16.7. The molecule has 0 saturated carbocycles. The SMILES string of the molecule is C[C@H]1CN(c2cc(-c3cnn(C)c3)cn3ncc(C#N)c23)CCN1. The van der Waals surface area contributed by atoms with Crippen molar-refractivity contribution >= 4 is 11.2 Å². The minimum Gasteiger partial charge on any atom is -0.367 e. The molecule has 1 aliphatic rings. The summed E-state index contributed by atoms with van der Waals surface area (Å²) in [6.45, 7) is 4.92. The maximum Gasteiger partial charge on any atom is 0.107 e. The molecule has 1 saturated heterocycles. The van der Waals surface area contributed by atoms with Crippen LogP contribution >= 0.6 is 0 Å². The molecule has 0 aromatic carbocycles. The lowest BCUT2D eigenvalue weighted by Crippen LogP contribution is -2.49. The third-order valence-corrected chi connectivity index (χ3v) is 4.46. The van der Waals surface area contributed by atoms with Crippen LogP contribution in [-0.2, 0) is 7.05 Å². The van der Waals surface area contributed by atoms with E-state index in [2.05, 4.69) is 39.5 Å². The van der Waals surface area contributed by atoms with Crippen molar-refractivity contribution in [1.29, 1.82) is 5.26 Å². The standard InChI is InChI=1S/C17H19N7/c1-12-9-23(4-3-19-12)16-5-13(15-8-20-22(2)10-15)11-24-17(16)14(6-18)7-21-24/h5,7-8,10-12,19H,3-4,9H2,1-2H3/t12-/m0/s1. The summed E-state index contributed by atoms with van der Waals surface area (Å²) in [5.41, 5.74) is 4.62. The molecule has 1 atom stereocenters. The Morgan fingerprint density at radius 1 is 1.25 bits per heavy atom. The number of fused-ring (bicyclic) bond motifs is 1. The van der Waals surface area contributed by atoms with E-state index in [0.29, 0.717) is 11.6 Å². The molecule has 0 aliphatic carbocycles. The van der Waals surface area contributed by atoms with Crippen molar-refractivity contribution in [2.45, 2.75) is 13.0 Å². The van der Waals surface area contributed by atoms with E-state index in [4.69, 9.17) is 0 Å². The summed E-state index contributed by atoms with van der Waals surface area (Å²) in [5.74, 6) is 0. The van der Waals surface area contributed by atoms with Crippen LogP contribution in [0.4, 0.5) is 5.69 Å². The smallest absolute Gasteiger partial charge is 0.107 e. The molecule has 3 aromatic rings. The molecule has 3 aromatic heterocycles. The van der Waals surface area contributed by atoms with Gasteiger partial charge >= 0.3 is 0 Å². The molecule has 0 amide bonds. The molecule has 0 radical (unpaired) electrons. The van der Waals surface area contributed by atoms with Gasteiger partial charge in [-0.3, -0.25) is 4.68 Å². The second-order valence-electron chi connectivity index (χ2n) is 6.28. The van der Waals surface area contributed by atoms with Gasteiger partial charge in [0.2, 0.25) is 0 Å². The molecule has 0 spiro atoms. The first-order chi connectivity index (χ1) is 11.7. The van der Waals surface area contributed by atoms with Crippen LogP contribution < -0.4 is 10.2 Å². The average Bonchev–Trinajstić information content (AvgIpc) is 3.19. The van der Waals surface area contributed by atoms with Crippen LogP contribution in [0.1, 0.15) is 12.5 Å². The first kappa shape index (κ1) is 14.7. The summed E-state index contributed by atoms with van der Waals surface area (Å²) in [5, 5.41) is 21.5. The van der Waals surface area contributed by atoms with Crippen molar-refractivity contribution < 1.29 is 0 Å². The Bertz CT molecular complexity index is 930. The number of hydrogen-bond acceptors (Lipinski definition) is 5. The van der Waals surface area contributed by atoms with E-state index in [0.717, 1.165) is 42.0 Å². The van der Waals surface area contributed by atoms with Crippen molar-refractivity contribution in [2.24, 2.45) is 7.05 Å². The monoisotopic (exact) mass is 321 g/mol. The molecule has 7 heteroatoms. The lowest BCUT2D eigenvalue weighted by atomic mass is 10.1. The van der Waals surface area contributed by atoms with Gasteiger partial charge in [0.1, 0.15) is 11.6 Å². The number of anilines is 1. The maximum atomic E-state index is 9.44. The lowest BCUT2D eigenvalue weighted by Gasteiger charge is -2.34. The summed E-state index contributed by atoms with van der Waals surface area (Å²) in [4.78, 5) is 2.33. The Morgan fingerprint density at radius 2 is 2.12 bits per heavy atom. The molecular formula is C17H19N7. The Kier molecular flexibility index (Phi) is 3.47. The first-order valence-corrected chi connectivity index (χ1v) is 8.04. The molecular weight excluding hydrogens is 302 g/mol. The number of rotatable bonds is 2. The van der Waals surface area contributed by atoms with Gasteiger partial charge in [0.05, 0.1) is 23.6 Å². The second kappa shape index (κ2) is 5.65. The van der Waals surface area contributed by atoms with E-state index < -0.39 is 0 Å². The molecule has 1 N–H and O–H groups in total. The molecule has 1 fully saturated rings. The number of aryl methyl sites for hydroxylation is 1. The fraction of sp³-hybridized carbons (Fsp3) is 0.353. The topological polar surface area (TPSA) is 74.2 Å². The third kappa shape index (κ3) is 2.41. The summed E-state index contributed by atoms with van der Waals surface area (Å²) >= 11 is 0. The van der Waals surface area contributed by atoms with E-state index in [1.807, 2.05) is 30.2 Å². The van der Waals surface area contributed by atoms with Crippen molar-refractivity contribution in [3.63, 3.8) is 0 Å². The van der Waals surface area contributed by atoms with Gasteiger partial charge in [-0.25, -0.2) is 4.52 Å². The summed E-state index contributed by atoms with van der Waals surface area (Å²) in [6, 6.07) is 4.82. The number of nitrogens with one attached hydrogen (secondary N) is 1. The van der Waals surface area contributed by atoms with Crippen LogP contribution in [0.2, 0.25) is 0 Å². The number of pyridine rings is 1. The molecule has 7 nitrogen and oxygen atoms in total. The highest BCUT2D eigenvalue weighted by Gasteiger charge is 2.21. The number of hydrogen-bond donors (Lipinski definition) is 1. The summed E-state index contributed by atoms with van der Waals surface area (Å²) < 4.78 is 3.60.